The molecule has 4 aromatic rings. The van der Waals surface area contributed by atoms with Gasteiger partial charge in [-0.3, -0.25) is 4.79 Å². The SMILES string of the molecule is CO[C@H]1O[C@H](COCc2ccccc2)[C@@H](O[C@@H]2O[C@H](COC(C)=O)[C@@H](OCc3ccccc3)[C@H](O[Si](C)(C)C(C)(C)C)[C@H]2I)[C@H](OCc2ccccc2)[C@H]1OCc1ccccc1. The zero-order valence-corrected chi connectivity index (χ0v) is 40.1. The van der Waals surface area contributed by atoms with E-state index < -0.39 is 73.5 Å². The number of hydrogen-bond acceptors (Lipinski definition) is 11. The maximum atomic E-state index is 12.4. The van der Waals surface area contributed by atoms with E-state index in [9.17, 15) is 4.79 Å². The minimum atomic E-state index is -2.45. The molecule has 2 aliphatic heterocycles. The Morgan fingerprint density at radius 3 is 1.50 bits per heavy atom. The van der Waals surface area contributed by atoms with Gasteiger partial charge in [0.25, 0.3) is 0 Å². The molecule has 0 aliphatic carbocycles. The first kappa shape index (κ1) is 48.4. The van der Waals surface area contributed by atoms with E-state index in [2.05, 4.69) is 56.5 Å². The van der Waals surface area contributed by atoms with E-state index >= 15 is 0 Å². The molecule has 0 unspecified atom stereocenters. The normalized spacial score (nSPS) is 26.8. The third-order valence-corrected chi connectivity index (χ3v) is 17.4. The van der Waals surface area contributed by atoms with E-state index in [0.717, 1.165) is 22.3 Å². The van der Waals surface area contributed by atoms with E-state index in [-0.39, 0.29) is 31.5 Å². The minimum absolute atomic E-state index is 0.0668. The van der Waals surface area contributed by atoms with Crippen LogP contribution in [0.3, 0.4) is 0 Å². The average molecular weight is 983 g/mol. The van der Waals surface area contributed by atoms with Crippen molar-refractivity contribution in [1.82, 2.24) is 0 Å². The van der Waals surface area contributed by atoms with E-state index in [1.165, 1.54) is 6.92 Å². The van der Waals surface area contributed by atoms with Gasteiger partial charge in [0.05, 0.1) is 43.1 Å². The number of ether oxygens (including phenoxy) is 9. The number of alkyl halides is 1. The zero-order valence-electron chi connectivity index (χ0n) is 36.9. The average Bonchev–Trinajstić information content (AvgIpc) is 3.26. The molecule has 10 atom stereocenters. The fraction of sp³-hybridized carbons (Fsp3) is 0.490. The first-order chi connectivity index (χ1) is 29.8. The molecule has 2 heterocycles. The largest absolute Gasteiger partial charge is 0.463 e. The Morgan fingerprint density at radius 2 is 1.03 bits per heavy atom. The molecule has 336 valence electrons. The van der Waals surface area contributed by atoms with Crippen molar-refractivity contribution in [3.8, 4) is 0 Å². The summed E-state index contributed by atoms with van der Waals surface area (Å²) in [5, 5.41) is -0.124. The molecular formula is C49H63IO11Si. The second-order valence-corrected chi connectivity index (χ2v) is 23.5. The number of carbonyl (C=O) groups is 1. The molecule has 0 N–H and O–H groups in total. The van der Waals surface area contributed by atoms with Crippen molar-refractivity contribution in [2.24, 2.45) is 0 Å². The van der Waals surface area contributed by atoms with Crippen molar-refractivity contribution in [2.75, 3.05) is 20.3 Å². The highest BCUT2D eigenvalue weighted by molar-refractivity contribution is 14.1. The highest BCUT2D eigenvalue weighted by Gasteiger charge is 2.55. The van der Waals surface area contributed by atoms with Crippen LogP contribution in [-0.4, -0.2) is 93.8 Å². The summed E-state index contributed by atoms with van der Waals surface area (Å²) in [6.45, 7) is 13.8. The molecule has 0 bridgehead atoms. The van der Waals surface area contributed by atoms with E-state index in [0.29, 0.717) is 13.2 Å². The monoisotopic (exact) mass is 982 g/mol. The predicted octanol–water partition coefficient (Wildman–Crippen LogP) is 9.20. The number of benzene rings is 4. The lowest BCUT2D eigenvalue weighted by atomic mass is 9.97. The smallest absolute Gasteiger partial charge is 0.302 e. The predicted molar refractivity (Wildman–Crippen MR) is 247 cm³/mol. The Kier molecular flexibility index (Phi) is 18.1. The van der Waals surface area contributed by atoms with Crippen LogP contribution in [0, 0.1) is 0 Å². The molecule has 2 fully saturated rings. The second-order valence-electron chi connectivity index (χ2n) is 17.3. The van der Waals surface area contributed by atoms with Crippen LogP contribution in [-0.2, 0) is 78.3 Å². The summed E-state index contributed by atoms with van der Waals surface area (Å²) in [6.07, 6.45) is -6.53. The van der Waals surface area contributed by atoms with Crippen LogP contribution in [0.5, 0.6) is 0 Å². The van der Waals surface area contributed by atoms with Gasteiger partial charge >= 0.3 is 5.97 Å². The molecule has 6 rings (SSSR count). The van der Waals surface area contributed by atoms with Crippen molar-refractivity contribution in [3.05, 3.63) is 144 Å². The number of halogens is 1. The van der Waals surface area contributed by atoms with Gasteiger partial charge in [-0.15, -0.1) is 0 Å². The van der Waals surface area contributed by atoms with Crippen molar-refractivity contribution in [2.45, 2.75) is 131 Å². The highest BCUT2D eigenvalue weighted by atomic mass is 127. The van der Waals surface area contributed by atoms with Gasteiger partial charge in [0.1, 0.15) is 43.2 Å². The minimum Gasteiger partial charge on any atom is -0.463 e. The van der Waals surface area contributed by atoms with Crippen LogP contribution in [0.4, 0.5) is 0 Å². The molecule has 0 aromatic heterocycles. The standard InChI is InChI=1S/C49H63IO11Si/c1-34(51)54-33-40-42(55-29-36-22-14-9-15-23-36)44(61-62(6,7)49(2,3)4)41(50)47(58-40)60-43-39(32-53-28-35-20-12-8-13-21-35)59-48(52-5)46(57-31-38-26-18-11-19-27-38)45(43)56-30-37-24-16-10-17-25-37/h8-27,39-48H,28-33H2,1-7H3/t39-,40-,41-,42-,43-,44-,45+,46-,47+,48+/m1/s1. The first-order valence-electron chi connectivity index (χ1n) is 21.4. The van der Waals surface area contributed by atoms with Crippen LogP contribution in [0.25, 0.3) is 0 Å². The molecular weight excluding hydrogens is 920 g/mol. The van der Waals surface area contributed by atoms with Crippen molar-refractivity contribution >= 4 is 36.9 Å². The number of rotatable bonds is 20. The lowest BCUT2D eigenvalue weighted by Gasteiger charge is -2.51. The number of esters is 1. The Hall–Kier alpha value is -3.06. The lowest BCUT2D eigenvalue weighted by molar-refractivity contribution is -0.351. The fourth-order valence-electron chi connectivity index (χ4n) is 7.22. The fourth-order valence-corrected chi connectivity index (χ4v) is 9.71. The Labute approximate surface area is 382 Å². The number of hydrogen-bond donors (Lipinski definition) is 0. The number of carbonyl (C=O) groups excluding carboxylic acids is 1. The summed E-state index contributed by atoms with van der Waals surface area (Å²) in [5.74, 6) is -0.430. The Balaban J connectivity index is 1.37. The Morgan fingerprint density at radius 1 is 0.597 bits per heavy atom. The summed E-state index contributed by atoms with van der Waals surface area (Å²) in [6, 6.07) is 39.9. The third-order valence-electron chi connectivity index (χ3n) is 11.6. The van der Waals surface area contributed by atoms with Crippen LogP contribution in [0.15, 0.2) is 121 Å². The van der Waals surface area contributed by atoms with Gasteiger partial charge < -0.3 is 47.1 Å². The van der Waals surface area contributed by atoms with E-state index in [1.807, 2.05) is 121 Å². The van der Waals surface area contributed by atoms with Crippen molar-refractivity contribution in [1.29, 1.82) is 0 Å². The topological polar surface area (TPSA) is 109 Å². The first-order valence-corrected chi connectivity index (χ1v) is 25.5. The molecule has 13 heteroatoms. The maximum absolute atomic E-state index is 12.4. The summed E-state index contributed by atoms with van der Waals surface area (Å²) in [7, 11) is -0.844. The lowest BCUT2D eigenvalue weighted by Crippen LogP contribution is -2.66. The van der Waals surface area contributed by atoms with Crippen LogP contribution in [0.1, 0.15) is 49.9 Å². The highest BCUT2D eigenvalue weighted by Crippen LogP contribution is 2.43. The van der Waals surface area contributed by atoms with Gasteiger partial charge in [0.15, 0.2) is 20.9 Å². The molecule has 2 saturated heterocycles. The molecule has 0 spiro atoms. The summed E-state index contributed by atoms with van der Waals surface area (Å²) < 4.78 is 66.3. The summed E-state index contributed by atoms with van der Waals surface area (Å²) in [5.41, 5.74) is 3.99. The molecule has 0 saturated carbocycles. The Bertz CT molecular complexity index is 1900. The van der Waals surface area contributed by atoms with Gasteiger partial charge in [-0.25, -0.2) is 0 Å². The third kappa shape index (κ3) is 13.5. The quantitative estimate of drug-likeness (QED) is 0.0366. The molecule has 62 heavy (non-hydrogen) atoms. The molecule has 0 amide bonds. The molecule has 2 aliphatic rings. The summed E-state index contributed by atoms with van der Waals surface area (Å²) in [4.78, 5) is 12.4. The maximum Gasteiger partial charge on any atom is 0.302 e. The van der Waals surface area contributed by atoms with Gasteiger partial charge in [0, 0.05) is 14.0 Å². The second kappa shape index (κ2) is 23.2. The van der Waals surface area contributed by atoms with Gasteiger partial charge in [-0.2, -0.15) is 0 Å². The van der Waals surface area contributed by atoms with Gasteiger partial charge in [-0.05, 0) is 40.4 Å². The van der Waals surface area contributed by atoms with E-state index in [1.54, 1.807) is 7.11 Å². The molecule has 0 radical (unpaired) electrons. The van der Waals surface area contributed by atoms with Crippen molar-refractivity contribution < 1.29 is 51.9 Å². The van der Waals surface area contributed by atoms with Crippen LogP contribution in [0.2, 0.25) is 18.1 Å². The number of methoxy groups -OCH3 is 1. The summed E-state index contributed by atoms with van der Waals surface area (Å²) >= 11 is 2.38. The molecule has 4 aromatic carbocycles. The van der Waals surface area contributed by atoms with Crippen molar-refractivity contribution in [3.63, 3.8) is 0 Å². The van der Waals surface area contributed by atoms with E-state index in [4.69, 9.17) is 47.1 Å². The zero-order chi connectivity index (χ0) is 44.1. The van der Waals surface area contributed by atoms with Gasteiger partial charge in [-0.1, -0.05) is 165 Å². The molecule has 11 nitrogen and oxygen atoms in total. The van der Waals surface area contributed by atoms with Crippen LogP contribution < -0.4 is 0 Å². The van der Waals surface area contributed by atoms with Gasteiger partial charge in [0.2, 0.25) is 0 Å². The van der Waals surface area contributed by atoms with Crippen LogP contribution >= 0.6 is 22.6 Å².